The van der Waals surface area contributed by atoms with Crippen LogP contribution in [0.2, 0.25) is 0 Å². The molecule has 0 fully saturated rings. The second-order valence-electron chi connectivity index (χ2n) is 5.25. The SMILES string of the molecule is COC(=O)C1(O)CCc2oc(=O)c3c(O)cc(C)cc3c21. The number of fused-ring (bicyclic) bond motifs is 3. The molecule has 0 amide bonds. The zero-order valence-corrected chi connectivity index (χ0v) is 11.6. The van der Waals surface area contributed by atoms with Gasteiger partial charge in [0.05, 0.1) is 7.11 Å². The molecule has 1 aromatic carbocycles. The van der Waals surface area contributed by atoms with E-state index in [1.54, 1.807) is 13.0 Å². The molecule has 2 aromatic rings. The summed E-state index contributed by atoms with van der Waals surface area (Å²) in [4.78, 5) is 23.9. The van der Waals surface area contributed by atoms with E-state index in [0.717, 1.165) is 0 Å². The van der Waals surface area contributed by atoms with Crippen LogP contribution in [0.5, 0.6) is 5.75 Å². The summed E-state index contributed by atoms with van der Waals surface area (Å²) in [7, 11) is 1.18. The molecule has 0 saturated heterocycles. The molecule has 1 aromatic heterocycles. The first-order valence-corrected chi connectivity index (χ1v) is 6.49. The topological polar surface area (TPSA) is 97.0 Å². The van der Waals surface area contributed by atoms with Crippen LogP contribution >= 0.6 is 0 Å². The normalized spacial score (nSPS) is 20.5. The van der Waals surface area contributed by atoms with Crippen LogP contribution in [0.1, 0.15) is 23.3 Å². The zero-order chi connectivity index (χ0) is 15.4. The fourth-order valence-corrected chi connectivity index (χ4v) is 2.97. The maximum Gasteiger partial charge on any atom is 0.347 e. The number of hydrogen-bond donors (Lipinski definition) is 2. The molecule has 110 valence electrons. The first-order chi connectivity index (χ1) is 9.88. The van der Waals surface area contributed by atoms with Crippen molar-refractivity contribution in [1.82, 2.24) is 0 Å². The van der Waals surface area contributed by atoms with Crippen molar-refractivity contribution >= 4 is 16.7 Å². The first-order valence-electron chi connectivity index (χ1n) is 6.49. The zero-order valence-electron chi connectivity index (χ0n) is 11.6. The Hall–Kier alpha value is -2.34. The number of phenolic OH excluding ortho intramolecular Hbond substituents is 1. The van der Waals surface area contributed by atoms with E-state index in [9.17, 15) is 19.8 Å². The third-order valence-electron chi connectivity index (χ3n) is 3.88. The monoisotopic (exact) mass is 290 g/mol. The third kappa shape index (κ3) is 1.76. The quantitative estimate of drug-likeness (QED) is 0.764. The molecular weight excluding hydrogens is 276 g/mol. The van der Waals surface area contributed by atoms with Crippen molar-refractivity contribution in [3.63, 3.8) is 0 Å². The number of carbonyl (C=O) groups excluding carboxylic acids is 1. The lowest BCUT2D eigenvalue weighted by Crippen LogP contribution is -2.34. The number of aliphatic hydroxyl groups is 1. The van der Waals surface area contributed by atoms with E-state index in [4.69, 9.17) is 4.42 Å². The van der Waals surface area contributed by atoms with Gasteiger partial charge in [0.25, 0.3) is 0 Å². The Morgan fingerprint density at radius 2 is 2.14 bits per heavy atom. The summed E-state index contributed by atoms with van der Waals surface area (Å²) in [5, 5.41) is 20.9. The fourth-order valence-electron chi connectivity index (χ4n) is 2.97. The van der Waals surface area contributed by atoms with Crippen LogP contribution < -0.4 is 5.63 Å². The highest BCUT2D eigenvalue weighted by Crippen LogP contribution is 2.42. The van der Waals surface area contributed by atoms with Gasteiger partial charge in [0.2, 0.25) is 0 Å². The number of esters is 1. The maximum atomic E-state index is 12.0. The molecule has 1 heterocycles. The number of aryl methyl sites for hydroxylation is 2. The number of rotatable bonds is 1. The highest BCUT2D eigenvalue weighted by molar-refractivity contribution is 5.96. The maximum absolute atomic E-state index is 12.0. The fraction of sp³-hybridized carbons (Fsp3) is 0.333. The lowest BCUT2D eigenvalue weighted by molar-refractivity contribution is -0.163. The lowest BCUT2D eigenvalue weighted by atomic mass is 9.92. The molecule has 0 bridgehead atoms. The highest BCUT2D eigenvalue weighted by atomic mass is 16.5. The molecule has 1 atom stereocenters. The van der Waals surface area contributed by atoms with E-state index in [0.29, 0.717) is 10.9 Å². The number of phenols is 1. The summed E-state index contributed by atoms with van der Waals surface area (Å²) >= 11 is 0. The Balaban J connectivity index is 2.46. The van der Waals surface area contributed by atoms with Crippen LogP contribution in [0.3, 0.4) is 0 Å². The smallest absolute Gasteiger partial charge is 0.347 e. The van der Waals surface area contributed by atoms with Gasteiger partial charge >= 0.3 is 11.6 Å². The molecule has 6 nitrogen and oxygen atoms in total. The van der Waals surface area contributed by atoms with E-state index >= 15 is 0 Å². The van der Waals surface area contributed by atoms with Crippen molar-refractivity contribution in [2.45, 2.75) is 25.4 Å². The molecule has 1 unspecified atom stereocenters. The van der Waals surface area contributed by atoms with Gasteiger partial charge in [-0.1, -0.05) is 6.07 Å². The van der Waals surface area contributed by atoms with Crippen LogP contribution in [-0.4, -0.2) is 23.3 Å². The summed E-state index contributed by atoms with van der Waals surface area (Å²) in [6.45, 7) is 1.74. The number of aromatic hydroxyl groups is 1. The van der Waals surface area contributed by atoms with E-state index in [1.165, 1.54) is 13.2 Å². The Bertz CT molecular complexity index is 819. The van der Waals surface area contributed by atoms with Crippen LogP contribution in [0, 0.1) is 6.92 Å². The number of methoxy groups -OCH3 is 1. The van der Waals surface area contributed by atoms with Crippen molar-refractivity contribution in [1.29, 1.82) is 0 Å². The summed E-state index contributed by atoms with van der Waals surface area (Å²) < 4.78 is 9.82. The molecule has 0 spiro atoms. The van der Waals surface area contributed by atoms with Crippen molar-refractivity contribution < 1.29 is 24.2 Å². The van der Waals surface area contributed by atoms with Crippen molar-refractivity contribution in [2.75, 3.05) is 7.11 Å². The number of benzene rings is 1. The summed E-state index contributed by atoms with van der Waals surface area (Å²) in [6, 6.07) is 3.07. The summed E-state index contributed by atoms with van der Waals surface area (Å²) in [6.07, 6.45) is 0.326. The van der Waals surface area contributed by atoms with Gasteiger partial charge in [-0.2, -0.15) is 0 Å². The van der Waals surface area contributed by atoms with Crippen molar-refractivity contribution in [3.05, 3.63) is 39.4 Å². The minimum Gasteiger partial charge on any atom is -0.507 e. The Morgan fingerprint density at radius 3 is 2.81 bits per heavy atom. The summed E-state index contributed by atoms with van der Waals surface area (Å²) in [5.74, 6) is -0.788. The highest BCUT2D eigenvalue weighted by Gasteiger charge is 2.48. The van der Waals surface area contributed by atoms with E-state index in [1.807, 2.05) is 0 Å². The Morgan fingerprint density at radius 1 is 1.43 bits per heavy atom. The van der Waals surface area contributed by atoms with E-state index in [2.05, 4.69) is 4.74 Å². The third-order valence-corrected chi connectivity index (χ3v) is 3.88. The van der Waals surface area contributed by atoms with Crippen LogP contribution in [0.15, 0.2) is 21.3 Å². The van der Waals surface area contributed by atoms with Crippen LogP contribution in [0.25, 0.3) is 10.8 Å². The van der Waals surface area contributed by atoms with Crippen LogP contribution in [0.4, 0.5) is 0 Å². The first kappa shape index (κ1) is 13.6. The molecule has 0 aliphatic heterocycles. The van der Waals surface area contributed by atoms with Crippen molar-refractivity contribution in [2.24, 2.45) is 0 Å². The Kier molecular flexibility index (Phi) is 2.81. The molecule has 0 radical (unpaired) electrons. The average Bonchev–Trinajstić information content (AvgIpc) is 2.75. The molecular formula is C15H14O6. The van der Waals surface area contributed by atoms with Gasteiger partial charge in [-0.3, -0.25) is 0 Å². The molecule has 3 rings (SSSR count). The van der Waals surface area contributed by atoms with Crippen molar-refractivity contribution in [3.8, 4) is 5.75 Å². The van der Waals surface area contributed by atoms with Gasteiger partial charge in [-0.15, -0.1) is 0 Å². The largest absolute Gasteiger partial charge is 0.507 e. The molecule has 1 aliphatic carbocycles. The van der Waals surface area contributed by atoms with Crippen LogP contribution in [-0.2, 0) is 21.6 Å². The van der Waals surface area contributed by atoms with E-state index < -0.39 is 17.2 Å². The number of hydrogen-bond acceptors (Lipinski definition) is 6. The number of carbonyl (C=O) groups is 1. The van der Waals surface area contributed by atoms with Gasteiger partial charge in [0.1, 0.15) is 16.9 Å². The van der Waals surface area contributed by atoms with Gasteiger partial charge in [-0.25, -0.2) is 9.59 Å². The standard InChI is InChI=1S/C15H14O6/c1-7-5-8-11(9(16)6-7)13(17)21-10-3-4-15(19,12(8)10)14(18)20-2/h5-6,16,19H,3-4H2,1-2H3. The molecule has 6 heteroatoms. The minimum atomic E-state index is -1.86. The minimum absolute atomic E-state index is 0.0384. The average molecular weight is 290 g/mol. The van der Waals surface area contributed by atoms with Gasteiger partial charge in [0.15, 0.2) is 5.60 Å². The molecule has 0 saturated carbocycles. The predicted octanol–water partition coefficient (Wildman–Crippen LogP) is 1.11. The summed E-state index contributed by atoms with van der Waals surface area (Å²) in [5.41, 5.74) is -1.63. The molecule has 1 aliphatic rings. The second kappa shape index (κ2) is 4.33. The van der Waals surface area contributed by atoms with E-state index in [-0.39, 0.29) is 35.3 Å². The lowest BCUT2D eigenvalue weighted by Gasteiger charge is -2.21. The molecule has 2 N–H and O–H groups in total. The second-order valence-corrected chi connectivity index (χ2v) is 5.25. The Labute approximate surface area is 119 Å². The van der Waals surface area contributed by atoms with Gasteiger partial charge < -0.3 is 19.4 Å². The molecule has 21 heavy (non-hydrogen) atoms. The predicted molar refractivity (Wildman–Crippen MR) is 73.1 cm³/mol. The number of ether oxygens (including phenoxy) is 1. The van der Waals surface area contributed by atoms with Gasteiger partial charge in [0, 0.05) is 17.4 Å². The van der Waals surface area contributed by atoms with Gasteiger partial charge in [-0.05, 0) is 25.0 Å².